The molecular formula is C20H22BrN3O2S. The number of aryl methyl sites for hydroxylation is 3. The van der Waals surface area contributed by atoms with E-state index in [1.807, 2.05) is 43.0 Å². The van der Waals surface area contributed by atoms with Crippen LogP contribution in [0.4, 0.5) is 0 Å². The first kappa shape index (κ1) is 19.6. The van der Waals surface area contributed by atoms with Gasteiger partial charge in [-0.1, -0.05) is 12.1 Å². The summed E-state index contributed by atoms with van der Waals surface area (Å²) in [6.45, 7) is 7.73. The molecule has 0 radical (unpaired) electrons. The summed E-state index contributed by atoms with van der Waals surface area (Å²) in [6, 6.07) is 8.04. The van der Waals surface area contributed by atoms with Gasteiger partial charge in [-0.2, -0.15) is 5.10 Å². The fraction of sp³-hybridized carbons (Fsp3) is 0.300. The van der Waals surface area contributed by atoms with Gasteiger partial charge in [0, 0.05) is 12.1 Å². The van der Waals surface area contributed by atoms with Gasteiger partial charge in [-0.15, -0.1) is 11.3 Å². The number of amides is 1. The van der Waals surface area contributed by atoms with Crippen molar-refractivity contribution >= 4 is 33.2 Å². The smallest absolute Gasteiger partial charge is 0.261 e. The molecule has 0 atom stereocenters. The van der Waals surface area contributed by atoms with Crippen LogP contribution in [-0.4, -0.2) is 15.7 Å². The van der Waals surface area contributed by atoms with Crippen molar-refractivity contribution in [3.8, 4) is 5.75 Å². The summed E-state index contributed by atoms with van der Waals surface area (Å²) in [5.41, 5.74) is 4.22. The normalized spacial score (nSPS) is 10.8. The average molecular weight is 448 g/mol. The quantitative estimate of drug-likeness (QED) is 0.562. The standard InChI is InChI=1S/C20H22BrN3O2S/c1-4-24-17(16(21)9-23-24)10-22-20(25)19-8-15(12-27-19)11-26-18-7-13(2)5-6-14(18)3/h5-9,12H,4,10-11H2,1-3H3,(H,22,25). The first-order valence-electron chi connectivity index (χ1n) is 8.73. The molecule has 0 fully saturated rings. The van der Waals surface area contributed by atoms with E-state index in [-0.39, 0.29) is 5.91 Å². The third-order valence-corrected chi connectivity index (χ3v) is 5.87. The minimum Gasteiger partial charge on any atom is -0.489 e. The zero-order valence-electron chi connectivity index (χ0n) is 15.6. The van der Waals surface area contributed by atoms with Crippen LogP contribution in [-0.2, 0) is 19.7 Å². The number of thiophene rings is 1. The highest BCUT2D eigenvalue weighted by molar-refractivity contribution is 9.10. The number of ether oxygens (including phenoxy) is 1. The maximum Gasteiger partial charge on any atom is 0.261 e. The average Bonchev–Trinajstić information content (AvgIpc) is 3.27. The van der Waals surface area contributed by atoms with Gasteiger partial charge in [0.05, 0.1) is 27.8 Å². The molecule has 0 unspecified atom stereocenters. The number of carbonyl (C=O) groups is 1. The molecule has 3 rings (SSSR count). The Labute approximate surface area is 171 Å². The Morgan fingerprint density at radius 1 is 1.33 bits per heavy atom. The molecule has 0 saturated carbocycles. The molecule has 142 valence electrons. The topological polar surface area (TPSA) is 56.2 Å². The third-order valence-electron chi connectivity index (χ3n) is 4.23. The number of halogens is 1. The molecule has 1 amide bonds. The van der Waals surface area contributed by atoms with Crippen molar-refractivity contribution < 1.29 is 9.53 Å². The van der Waals surface area contributed by atoms with Gasteiger partial charge in [0.2, 0.25) is 0 Å². The van der Waals surface area contributed by atoms with Crippen LogP contribution in [0.15, 0.2) is 40.3 Å². The first-order valence-corrected chi connectivity index (χ1v) is 10.4. The van der Waals surface area contributed by atoms with Crippen LogP contribution in [0.25, 0.3) is 0 Å². The Hall–Kier alpha value is -2.12. The van der Waals surface area contributed by atoms with Gasteiger partial charge in [0.1, 0.15) is 12.4 Å². The summed E-state index contributed by atoms with van der Waals surface area (Å²) in [7, 11) is 0. The number of hydrogen-bond donors (Lipinski definition) is 1. The van der Waals surface area contributed by atoms with Crippen LogP contribution >= 0.6 is 27.3 Å². The predicted molar refractivity (Wildman–Crippen MR) is 111 cm³/mol. The molecule has 1 aromatic carbocycles. The number of rotatable bonds is 7. The van der Waals surface area contributed by atoms with E-state index in [0.717, 1.165) is 33.6 Å². The van der Waals surface area contributed by atoms with E-state index in [0.29, 0.717) is 18.0 Å². The monoisotopic (exact) mass is 447 g/mol. The number of carbonyl (C=O) groups excluding carboxylic acids is 1. The lowest BCUT2D eigenvalue weighted by Gasteiger charge is -2.09. The van der Waals surface area contributed by atoms with Crippen LogP contribution in [0, 0.1) is 13.8 Å². The molecule has 1 N–H and O–H groups in total. The summed E-state index contributed by atoms with van der Waals surface area (Å²) in [5, 5.41) is 9.18. The third kappa shape index (κ3) is 4.78. The highest BCUT2D eigenvalue weighted by Crippen LogP contribution is 2.22. The molecule has 3 aromatic rings. The van der Waals surface area contributed by atoms with Gasteiger partial charge < -0.3 is 10.1 Å². The molecule has 7 heteroatoms. The van der Waals surface area contributed by atoms with Crippen LogP contribution < -0.4 is 10.1 Å². The maximum atomic E-state index is 12.5. The van der Waals surface area contributed by atoms with Crippen molar-refractivity contribution in [3.05, 3.63) is 67.6 Å². The fourth-order valence-electron chi connectivity index (χ4n) is 2.68. The van der Waals surface area contributed by atoms with Crippen LogP contribution in [0.2, 0.25) is 0 Å². The SMILES string of the molecule is CCn1ncc(Br)c1CNC(=O)c1cc(COc2cc(C)ccc2C)cs1. The van der Waals surface area contributed by atoms with E-state index in [1.165, 1.54) is 16.9 Å². The Morgan fingerprint density at radius 2 is 2.15 bits per heavy atom. The molecule has 5 nitrogen and oxygen atoms in total. The zero-order valence-corrected chi connectivity index (χ0v) is 18.0. The summed E-state index contributed by atoms with van der Waals surface area (Å²) >= 11 is 4.90. The lowest BCUT2D eigenvalue weighted by Crippen LogP contribution is -2.23. The Bertz CT molecular complexity index is 949. The largest absolute Gasteiger partial charge is 0.489 e. The molecule has 0 saturated heterocycles. The van der Waals surface area contributed by atoms with E-state index in [2.05, 4.69) is 38.5 Å². The fourth-order valence-corrected chi connectivity index (χ4v) is 3.93. The van der Waals surface area contributed by atoms with Gasteiger partial charge in [-0.3, -0.25) is 9.48 Å². The van der Waals surface area contributed by atoms with Crippen LogP contribution in [0.1, 0.15) is 39.0 Å². The van der Waals surface area contributed by atoms with Crippen molar-refractivity contribution in [3.63, 3.8) is 0 Å². The van der Waals surface area contributed by atoms with E-state index in [9.17, 15) is 4.79 Å². The number of aromatic nitrogens is 2. The molecule has 27 heavy (non-hydrogen) atoms. The molecule has 0 aliphatic rings. The van der Waals surface area contributed by atoms with Gasteiger partial charge in [0.15, 0.2) is 0 Å². The highest BCUT2D eigenvalue weighted by atomic mass is 79.9. The Kier molecular flexibility index (Phi) is 6.34. The van der Waals surface area contributed by atoms with Gasteiger partial charge in [-0.25, -0.2) is 0 Å². The Morgan fingerprint density at radius 3 is 2.93 bits per heavy atom. The van der Waals surface area contributed by atoms with Crippen LogP contribution in [0.3, 0.4) is 0 Å². The minimum atomic E-state index is -0.0891. The zero-order chi connectivity index (χ0) is 19.4. The second-order valence-corrected chi connectivity index (χ2v) is 8.08. The Balaban J connectivity index is 1.59. The molecule has 0 spiro atoms. The number of hydrogen-bond acceptors (Lipinski definition) is 4. The second-order valence-electron chi connectivity index (χ2n) is 6.31. The lowest BCUT2D eigenvalue weighted by molar-refractivity contribution is 0.0954. The molecule has 0 aliphatic carbocycles. The minimum absolute atomic E-state index is 0.0891. The van der Waals surface area contributed by atoms with Crippen molar-refractivity contribution in [2.45, 2.75) is 40.5 Å². The second kappa shape index (κ2) is 8.71. The molecule has 2 aromatic heterocycles. The summed E-state index contributed by atoms with van der Waals surface area (Å²) < 4.78 is 8.68. The van der Waals surface area contributed by atoms with Gasteiger partial charge >= 0.3 is 0 Å². The number of benzene rings is 1. The van der Waals surface area contributed by atoms with Crippen molar-refractivity contribution in [1.82, 2.24) is 15.1 Å². The molecule has 2 heterocycles. The lowest BCUT2D eigenvalue weighted by atomic mass is 10.1. The number of nitrogens with zero attached hydrogens (tertiary/aromatic N) is 2. The van der Waals surface area contributed by atoms with E-state index in [4.69, 9.17) is 4.74 Å². The molecule has 0 aliphatic heterocycles. The molecular weight excluding hydrogens is 426 g/mol. The van der Waals surface area contributed by atoms with Gasteiger partial charge in [0.25, 0.3) is 5.91 Å². The van der Waals surface area contributed by atoms with E-state index >= 15 is 0 Å². The maximum absolute atomic E-state index is 12.5. The summed E-state index contributed by atoms with van der Waals surface area (Å²) in [5.74, 6) is 0.790. The van der Waals surface area contributed by atoms with Crippen molar-refractivity contribution in [1.29, 1.82) is 0 Å². The van der Waals surface area contributed by atoms with Crippen LogP contribution in [0.5, 0.6) is 5.75 Å². The van der Waals surface area contributed by atoms with Crippen molar-refractivity contribution in [2.24, 2.45) is 0 Å². The van der Waals surface area contributed by atoms with Crippen molar-refractivity contribution in [2.75, 3.05) is 0 Å². The van der Waals surface area contributed by atoms with Gasteiger partial charge in [-0.05, 0) is 65.3 Å². The summed E-state index contributed by atoms with van der Waals surface area (Å²) in [6.07, 6.45) is 1.75. The number of nitrogens with one attached hydrogen (secondary N) is 1. The van der Waals surface area contributed by atoms with E-state index in [1.54, 1.807) is 6.20 Å². The summed E-state index contributed by atoms with van der Waals surface area (Å²) in [4.78, 5) is 13.1. The first-order chi connectivity index (χ1) is 13.0. The predicted octanol–water partition coefficient (Wildman–Crippen LogP) is 4.85. The highest BCUT2D eigenvalue weighted by Gasteiger charge is 2.13. The molecule has 0 bridgehead atoms. The van der Waals surface area contributed by atoms with E-state index < -0.39 is 0 Å².